The summed E-state index contributed by atoms with van der Waals surface area (Å²) in [6.07, 6.45) is 0. The Balaban J connectivity index is 3.36. The average molecular weight is 194 g/mol. The first-order valence-corrected chi connectivity index (χ1v) is 4.75. The van der Waals surface area contributed by atoms with Gasteiger partial charge in [0.05, 0.1) is 12.7 Å². The Morgan fingerprint density at radius 1 is 1.21 bits per heavy atom. The molecule has 1 aromatic carbocycles. The monoisotopic (exact) mass is 194 g/mol. The Hall–Kier alpha value is -1.02. The van der Waals surface area contributed by atoms with Gasteiger partial charge in [0.1, 0.15) is 5.75 Å². The number of hydrogen-bond donors (Lipinski definition) is 1. The van der Waals surface area contributed by atoms with Gasteiger partial charge in [0.15, 0.2) is 0 Å². The summed E-state index contributed by atoms with van der Waals surface area (Å²) in [5, 5.41) is 9.93. The van der Waals surface area contributed by atoms with E-state index in [-0.39, 0.29) is 0 Å². The van der Waals surface area contributed by atoms with E-state index in [0.29, 0.717) is 0 Å². The summed E-state index contributed by atoms with van der Waals surface area (Å²) in [4.78, 5) is 0. The lowest BCUT2D eigenvalue weighted by molar-refractivity contribution is 0.0776. The highest BCUT2D eigenvalue weighted by atomic mass is 16.5. The van der Waals surface area contributed by atoms with Gasteiger partial charge >= 0.3 is 0 Å². The molecule has 0 atom stereocenters. The Morgan fingerprint density at radius 2 is 1.79 bits per heavy atom. The third-order valence-electron chi connectivity index (χ3n) is 2.47. The van der Waals surface area contributed by atoms with Crippen LogP contribution in [0.1, 0.15) is 30.5 Å². The molecule has 0 heterocycles. The maximum atomic E-state index is 9.93. The molecule has 1 rings (SSSR count). The van der Waals surface area contributed by atoms with Gasteiger partial charge in [-0.2, -0.15) is 0 Å². The zero-order valence-corrected chi connectivity index (χ0v) is 9.51. The minimum atomic E-state index is -0.814. The molecule has 1 N–H and O–H groups in total. The average Bonchev–Trinajstić information content (AvgIpc) is 2.02. The molecule has 0 spiro atoms. The summed E-state index contributed by atoms with van der Waals surface area (Å²) in [5.74, 6) is 0.865. The van der Waals surface area contributed by atoms with Crippen LogP contribution < -0.4 is 4.74 Å². The van der Waals surface area contributed by atoms with Crippen molar-refractivity contribution in [2.24, 2.45) is 0 Å². The fourth-order valence-corrected chi connectivity index (χ4v) is 1.80. The first kappa shape index (κ1) is 11.1. The van der Waals surface area contributed by atoms with E-state index in [1.165, 1.54) is 0 Å². The van der Waals surface area contributed by atoms with Crippen molar-refractivity contribution in [3.05, 3.63) is 28.8 Å². The maximum Gasteiger partial charge on any atom is 0.125 e. The molecule has 0 aliphatic rings. The molecular formula is C12H18O2. The number of methoxy groups -OCH3 is 1. The number of ether oxygens (including phenoxy) is 1. The van der Waals surface area contributed by atoms with Gasteiger partial charge in [0, 0.05) is 0 Å². The van der Waals surface area contributed by atoms with Crippen molar-refractivity contribution in [2.45, 2.75) is 33.3 Å². The lowest BCUT2D eigenvalue weighted by Gasteiger charge is -2.22. The minimum absolute atomic E-state index is 0.814. The number of benzene rings is 1. The summed E-state index contributed by atoms with van der Waals surface area (Å²) in [6, 6.07) is 3.92. The number of aryl methyl sites for hydroxylation is 1. The third-order valence-corrected chi connectivity index (χ3v) is 2.47. The van der Waals surface area contributed by atoms with E-state index in [4.69, 9.17) is 4.74 Å². The van der Waals surface area contributed by atoms with E-state index >= 15 is 0 Å². The Labute approximate surface area is 85.5 Å². The topological polar surface area (TPSA) is 29.5 Å². The van der Waals surface area contributed by atoms with Crippen molar-refractivity contribution >= 4 is 0 Å². The molecule has 0 amide bonds. The zero-order chi connectivity index (χ0) is 10.9. The maximum absolute atomic E-state index is 9.93. The van der Waals surface area contributed by atoms with Crippen molar-refractivity contribution in [2.75, 3.05) is 7.11 Å². The van der Waals surface area contributed by atoms with Crippen LogP contribution in [0.2, 0.25) is 0 Å². The molecule has 0 aliphatic carbocycles. The van der Waals surface area contributed by atoms with Crippen LogP contribution in [0.3, 0.4) is 0 Å². The fourth-order valence-electron chi connectivity index (χ4n) is 1.80. The Bertz CT molecular complexity index is 335. The van der Waals surface area contributed by atoms with Gasteiger partial charge in [-0.15, -0.1) is 0 Å². The Kier molecular flexibility index (Phi) is 2.86. The van der Waals surface area contributed by atoms with E-state index in [1.807, 2.05) is 26.0 Å². The van der Waals surface area contributed by atoms with E-state index in [0.717, 1.165) is 22.4 Å². The van der Waals surface area contributed by atoms with E-state index in [9.17, 15) is 5.11 Å². The smallest absolute Gasteiger partial charge is 0.125 e. The second-order valence-electron chi connectivity index (χ2n) is 4.15. The SMILES string of the molecule is COc1c(C)ccc(C(C)(C)O)c1C. The van der Waals surface area contributed by atoms with Gasteiger partial charge in [-0.25, -0.2) is 0 Å². The zero-order valence-electron chi connectivity index (χ0n) is 9.51. The summed E-state index contributed by atoms with van der Waals surface area (Å²) in [5.41, 5.74) is 2.21. The van der Waals surface area contributed by atoms with Crippen molar-refractivity contribution < 1.29 is 9.84 Å². The van der Waals surface area contributed by atoms with E-state index in [2.05, 4.69) is 0 Å². The van der Waals surface area contributed by atoms with Crippen LogP contribution in [-0.4, -0.2) is 12.2 Å². The highest BCUT2D eigenvalue weighted by Crippen LogP contribution is 2.31. The fraction of sp³-hybridized carbons (Fsp3) is 0.500. The summed E-state index contributed by atoms with van der Waals surface area (Å²) in [7, 11) is 1.66. The summed E-state index contributed by atoms with van der Waals surface area (Å²) in [6.45, 7) is 7.54. The number of rotatable bonds is 2. The molecule has 0 radical (unpaired) electrons. The van der Waals surface area contributed by atoms with Crippen LogP contribution in [0.15, 0.2) is 12.1 Å². The van der Waals surface area contributed by atoms with Crippen LogP contribution in [0.25, 0.3) is 0 Å². The summed E-state index contributed by atoms with van der Waals surface area (Å²) < 4.78 is 5.30. The largest absolute Gasteiger partial charge is 0.496 e. The van der Waals surface area contributed by atoms with Gasteiger partial charge in [-0.3, -0.25) is 0 Å². The molecule has 0 aliphatic heterocycles. The van der Waals surface area contributed by atoms with Crippen LogP contribution in [0, 0.1) is 13.8 Å². The predicted molar refractivity (Wildman–Crippen MR) is 57.7 cm³/mol. The van der Waals surface area contributed by atoms with Gasteiger partial charge in [-0.1, -0.05) is 12.1 Å². The van der Waals surface area contributed by atoms with E-state index in [1.54, 1.807) is 21.0 Å². The van der Waals surface area contributed by atoms with Gasteiger partial charge in [0.2, 0.25) is 0 Å². The quantitative estimate of drug-likeness (QED) is 0.784. The molecule has 14 heavy (non-hydrogen) atoms. The normalized spacial score (nSPS) is 11.6. The van der Waals surface area contributed by atoms with Crippen molar-refractivity contribution in [1.29, 1.82) is 0 Å². The molecule has 0 saturated carbocycles. The standard InChI is InChI=1S/C12H18O2/c1-8-6-7-10(12(3,4)13)9(2)11(8)14-5/h6-7,13H,1-5H3. The second-order valence-corrected chi connectivity index (χ2v) is 4.15. The predicted octanol–water partition coefficient (Wildman–Crippen LogP) is 2.54. The Morgan fingerprint density at radius 3 is 2.21 bits per heavy atom. The summed E-state index contributed by atoms with van der Waals surface area (Å²) >= 11 is 0. The van der Waals surface area contributed by atoms with Crippen LogP contribution in [0.4, 0.5) is 0 Å². The lowest BCUT2D eigenvalue weighted by atomic mass is 9.92. The number of hydrogen-bond acceptors (Lipinski definition) is 2. The first-order chi connectivity index (χ1) is 6.38. The lowest BCUT2D eigenvalue weighted by Crippen LogP contribution is -2.17. The molecular weight excluding hydrogens is 176 g/mol. The van der Waals surface area contributed by atoms with Gasteiger partial charge < -0.3 is 9.84 Å². The first-order valence-electron chi connectivity index (χ1n) is 4.75. The van der Waals surface area contributed by atoms with Crippen LogP contribution in [0.5, 0.6) is 5.75 Å². The molecule has 78 valence electrons. The highest BCUT2D eigenvalue weighted by molar-refractivity contribution is 5.46. The molecule has 2 nitrogen and oxygen atoms in total. The van der Waals surface area contributed by atoms with Crippen molar-refractivity contribution in [1.82, 2.24) is 0 Å². The molecule has 0 fully saturated rings. The molecule has 0 unspecified atom stereocenters. The number of aliphatic hydroxyl groups is 1. The van der Waals surface area contributed by atoms with Gasteiger partial charge in [-0.05, 0) is 44.4 Å². The minimum Gasteiger partial charge on any atom is -0.496 e. The second kappa shape index (κ2) is 3.62. The van der Waals surface area contributed by atoms with Crippen LogP contribution >= 0.6 is 0 Å². The third kappa shape index (κ3) is 1.90. The molecule has 2 heteroatoms. The molecule has 0 bridgehead atoms. The van der Waals surface area contributed by atoms with Crippen molar-refractivity contribution in [3.63, 3.8) is 0 Å². The molecule has 0 aromatic heterocycles. The molecule has 0 saturated heterocycles. The van der Waals surface area contributed by atoms with E-state index < -0.39 is 5.60 Å². The van der Waals surface area contributed by atoms with Crippen LogP contribution in [-0.2, 0) is 5.60 Å². The highest BCUT2D eigenvalue weighted by Gasteiger charge is 2.20. The molecule has 1 aromatic rings. The van der Waals surface area contributed by atoms with Gasteiger partial charge in [0.25, 0.3) is 0 Å². The van der Waals surface area contributed by atoms with Crippen molar-refractivity contribution in [3.8, 4) is 5.75 Å².